The number of carbonyl (C=O) groups excluding carboxylic acids is 1. The highest BCUT2D eigenvalue weighted by atomic mass is 19.4. The summed E-state index contributed by atoms with van der Waals surface area (Å²) in [5, 5.41) is 14.4. The van der Waals surface area contributed by atoms with Crippen LogP contribution in [0.5, 0.6) is 0 Å². The number of aliphatic hydroxyl groups is 1. The molecule has 0 aliphatic heterocycles. The second-order valence-electron chi connectivity index (χ2n) is 12.3. The van der Waals surface area contributed by atoms with Gasteiger partial charge in [-0.15, -0.1) is 0 Å². The average Bonchev–Trinajstić information content (AvgIpc) is 3.30. The number of rotatable bonds is 3. The van der Waals surface area contributed by atoms with E-state index in [1.807, 2.05) is 6.92 Å². The van der Waals surface area contributed by atoms with E-state index in [1.54, 1.807) is 0 Å². The van der Waals surface area contributed by atoms with Crippen LogP contribution in [0.1, 0.15) is 84.1 Å². The van der Waals surface area contributed by atoms with Gasteiger partial charge in [-0.05, 0) is 99.7 Å². The Morgan fingerprint density at radius 2 is 1.79 bits per heavy atom. The molecule has 184 valence electrons. The van der Waals surface area contributed by atoms with Gasteiger partial charge in [0.2, 0.25) is 0 Å². The van der Waals surface area contributed by atoms with Crippen LogP contribution in [0.15, 0.2) is 12.4 Å². The fraction of sp³-hybridized carbons (Fsp3) is 0.846. The third-order valence-corrected chi connectivity index (χ3v) is 10.7. The van der Waals surface area contributed by atoms with Gasteiger partial charge in [0, 0.05) is 11.6 Å². The van der Waals surface area contributed by atoms with E-state index >= 15 is 0 Å². The third-order valence-electron chi connectivity index (χ3n) is 10.7. The molecule has 7 heteroatoms. The van der Waals surface area contributed by atoms with Gasteiger partial charge in [-0.3, -0.25) is 9.48 Å². The summed E-state index contributed by atoms with van der Waals surface area (Å²) in [7, 11) is 0. The van der Waals surface area contributed by atoms with Gasteiger partial charge in [-0.2, -0.15) is 18.3 Å². The van der Waals surface area contributed by atoms with Gasteiger partial charge in [0.15, 0.2) is 5.78 Å². The third kappa shape index (κ3) is 3.68. The number of alkyl halides is 3. The molecule has 4 fully saturated rings. The molecule has 0 saturated heterocycles. The lowest BCUT2D eigenvalue weighted by Crippen LogP contribution is -2.53. The fourth-order valence-corrected chi connectivity index (χ4v) is 8.73. The zero-order chi connectivity index (χ0) is 23.8. The van der Waals surface area contributed by atoms with Gasteiger partial charge < -0.3 is 5.11 Å². The number of aromatic nitrogens is 2. The number of halogens is 3. The first-order valence-corrected chi connectivity index (χ1v) is 12.7. The molecular formula is C26H37F3N2O2. The lowest BCUT2D eigenvalue weighted by Gasteiger charge is -2.58. The maximum atomic E-state index is 13.5. The van der Waals surface area contributed by atoms with E-state index in [0.717, 1.165) is 62.0 Å². The number of fused-ring (bicyclic) bond motifs is 5. The fourth-order valence-electron chi connectivity index (χ4n) is 8.73. The normalized spacial score (nSPS) is 45.2. The molecule has 33 heavy (non-hydrogen) atoms. The van der Waals surface area contributed by atoms with Gasteiger partial charge >= 0.3 is 6.18 Å². The molecule has 1 N–H and O–H groups in total. The molecule has 0 aromatic carbocycles. The molecule has 0 bridgehead atoms. The molecule has 5 rings (SSSR count). The van der Waals surface area contributed by atoms with Crippen molar-refractivity contribution in [2.45, 2.75) is 96.9 Å². The number of ketones is 1. The first-order valence-electron chi connectivity index (χ1n) is 12.7. The van der Waals surface area contributed by atoms with Crippen molar-refractivity contribution in [2.24, 2.45) is 40.4 Å². The molecule has 0 spiro atoms. The molecule has 1 heterocycles. The van der Waals surface area contributed by atoms with Crippen LogP contribution in [0.2, 0.25) is 0 Å². The van der Waals surface area contributed by atoms with E-state index in [4.69, 9.17) is 0 Å². The van der Waals surface area contributed by atoms with Crippen LogP contribution in [0.3, 0.4) is 0 Å². The molecule has 0 unspecified atom stereocenters. The predicted molar refractivity (Wildman–Crippen MR) is 118 cm³/mol. The van der Waals surface area contributed by atoms with E-state index in [1.165, 1.54) is 12.8 Å². The topological polar surface area (TPSA) is 55.1 Å². The Morgan fingerprint density at radius 1 is 1.06 bits per heavy atom. The Kier molecular flexibility index (Phi) is 5.36. The maximum Gasteiger partial charge on any atom is 0.419 e. The van der Waals surface area contributed by atoms with Crippen LogP contribution in [-0.2, 0) is 17.5 Å². The number of hydrogen-bond donors (Lipinski definition) is 1. The van der Waals surface area contributed by atoms with E-state index in [2.05, 4.69) is 18.9 Å². The smallest absolute Gasteiger partial charge is 0.390 e. The Hall–Kier alpha value is -1.37. The van der Waals surface area contributed by atoms with Gasteiger partial charge in [0.25, 0.3) is 0 Å². The van der Waals surface area contributed by atoms with Crippen molar-refractivity contribution in [3.63, 3.8) is 0 Å². The van der Waals surface area contributed by atoms with E-state index in [-0.39, 0.29) is 17.7 Å². The van der Waals surface area contributed by atoms with E-state index < -0.39 is 22.8 Å². The summed E-state index contributed by atoms with van der Waals surface area (Å²) in [5.74, 6) is 3.15. The van der Waals surface area contributed by atoms with Crippen LogP contribution in [-0.4, -0.2) is 26.3 Å². The molecule has 0 radical (unpaired) electrons. The van der Waals surface area contributed by atoms with Crippen molar-refractivity contribution in [1.82, 2.24) is 9.78 Å². The highest BCUT2D eigenvalue weighted by Crippen LogP contribution is 2.68. The molecule has 4 aliphatic rings. The maximum absolute atomic E-state index is 13.5. The van der Waals surface area contributed by atoms with Crippen LogP contribution < -0.4 is 0 Å². The second kappa shape index (κ2) is 7.56. The van der Waals surface area contributed by atoms with Gasteiger partial charge in [-0.1, -0.05) is 13.8 Å². The molecule has 4 aliphatic carbocycles. The van der Waals surface area contributed by atoms with Crippen molar-refractivity contribution in [2.75, 3.05) is 0 Å². The molecule has 1 aromatic heterocycles. The molecule has 4 saturated carbocycles. The zero-order valence-corrected chi connectivity index (χ0v) is 20.0. The minimum atomic E-state index is -4.45. The summed E-state index contributed by atoms with van der Waals surface area (Å²) < 4.78 is 40.1. The van der Waals surface area contributed by atoms with Gasteiger partial charge in [-0.25, -0.2) is 0 Å². The lowest BCUT2D eigenvalue weighted by atomic mass is 9.47. The second-order valence-corrected chi connectivity index (χ2v) is 12.3. The number of nitrogens with zero attached hydrogens (tertiary/aromatic N) is 2. The Balaban J connectivity index is 1.33. The van der Waals surface area contributed by atoms with Gasteiger partial charge in [0.1, 0.15) is 6.54 Å². The average molecular weight is 467 g/mol. The summed E-state index contributed by atoms with van der Waals surface area (Å²) in [6.45, 7) is 6.23. The number of carbonyl (C=O) groups is 1. The van der Waals surface area contributed by atoms with Crippen molar-refractivity contribution in [1.29, 1.82) is 0 Å². The molecular weight excluding hydrogens is 429 g/mol. The Labute approximate surface area is 194 Å². The Bertz CT molecular complexity index is 925. The van der Waals surface area contributed by atoms with Crippen LogP contribution >= 0.6 is 0 Å². The summed E-state index contributed by atoms with van der Waals surface area (Å²) in [6.07, 6.45) is 6.56. The first-order chi connectivity index (χ1) is 15.3. The van der Waals surface area contributed by atoms with Crippen molar-refractivity contribution in [3.8, 4) is 0 Å². The van der Waals surface area contributed by atoms with Crippen LogP contribution in [0.25, 0.3) is 0 Å². The zero-order valence-electron chi connectivity index (χ0n) is 20.0. The SMILES string of the molecule is C[C@@]1(O)CC[C@H]2[C@H](CC[C@@H]3[C@@H]2CC[C@@]2(C)[C@H]3CC[C@]2(C)C(=O)Cn2cc(C(F)(F)F)cn2)C1. The largest absolute Gasteiger partial charge is 0.419 e. The minimum Gasteiger partial charge on any atom is -0.390 e. The van der Waals surface area contributed by atoms with E-state index in [0.29, 0.717) is 29.6 Å². The van der Waals surface area contributed by atoms with Crippen LogP contribution in [0, 0.1) is 40.4 Å². The lowest BCUT2D eigenvalue weighted by molar-refractivity contribution is -0.145. The molecule has 0 amide bonds. The van der Waals surface area contributed by atoms with Crippen molar-refractivity contribution < 1.29 is 23.1 Å². The van der Waals surface area contributed by atoms with E-state index in [9.17, 15) is 23.1 Å². The van der Waals surface area contributed by atoms with Crippen LogP contribution in [0.4, 0.5) is 13.2 Å². The molecule has 4 nitrogen and oxygen atoms in total. The first kappa shape index (κ1) is 23.4. The predicted octanol–water partition coefficient (Wildman–Crippen LogP) is 5.88. The summed E-state index contributed by atoms with van der Waals surface area (Å²) in [5.41, 5.74) is -1.97. The molecule has 8 atom stereocenters. The highest BCUT2D eigenvalue weighted by molar-refractivity contribution is 5.85. The van der Waals surface area contributed by atoms with Crippen molar-refractivity contribution >= 4 is 5.78 Å². The quantitative estimate of drug-likeness (QED) is 0.605. The highest BCUT2D eigenvalue weighted by Gasteiger charge is 2.63. The van der Waals surface area contributed by atoms with Gasteiger partial charge in [0.05, 0.1) is 17.4 Å². The summed E-state index contributed by atoms with van der Waals surface area (Å²) in [6, 6.07) is 0. The standard InChI is InChI=1S/C26H37F3N2O2/c1-23(33)9-6-18-16(12-23)4-5-20-19(18)7-10-24(2)21(20)8-11-25(24,3)22(32)15-31-14-17(13-30-31)26(27,28)29/h13-14,16,18-21,33H,4-12,15H2,1-3H3/t16-,18+,19-,20-,21+,23-,24+,25-/m1/s1. The summed E-state index contributed by atoms with van der Waals surface area (Å²) >= 11 is 0. The minimum absolute atomic E-state index is 0.0187. The number of hydrogen-bond acceptors (Lipinski definition) is 3. The number of Topliss-reactive ketones (excluding diaryl/α,β-unsaturated/α-hetero) is 1. The monoisotopic (exact) mass is 466 g/mol. The van der Waals surface area contributed by atoms with Crippen molar-refractivity contribution in [3.05, 3.63) is 18.0 Å². The summed E-state index contributed by atoms with van der Waals surface area (Å²) in [4.78, 5) is 13.5. The Morgan fingerprint density at radius 3 is 2.48 bits per heavy atom. The molecule has 1 aromatic rings.